The molecule has 0 atom stereocenters. The summed E-state index contributed by atoms with van der Waals surface area (Å²) < 4.78 is 0. The largest absolute Gasteiger partial charge is 0.364 e. The van der Waals surface area contributed by atoms with Crippen molar-refractivity contribution in [3.05, 3.63) is 42.2 Å². The van der Waals surface area contributed by atoms with E-state index in [2.05, 4.69) is 11.6 Å². The lowest BCUT2D eigenvalue weighted by Crippen LogP contribution is -2.13. The van der Waals surface area contributed by atoms with E-state index in [4.69, 9.17) is 5.73 Å². The van der Waals surface area contributed by atoms with Gasteiger partial charge in [-0.25, -0.2) is 0 Å². The van der Waals surface area contributed by atoms with Crippen molar-refractivity contribution >= 4 is 11.7 Å². The number of aromatic nitrogens is 1. The topological polar surface area (TPSA) is 73.1 Å². The fourth-order valence-corrected chi connectivity index (χ4v) is 0.803. The Bertz CT molecular complexity index is 354. The summed E-state index contributed by atoms with van der Waals surface area (Å²) in [5.74, 6) is -0.846. The Morgan fingerprint density at radius 2 is 2.15 bits per heavy atom. The number of primary amides is 1. The van der Waals surface area contributed by atoms with Crippen molar-refractivity contribution < 1.29 is 9.59 Å². The van der Waals surface area contributed by atoms with Crippen molar-refractivity contribution in [2.24, 2.45) is 5.73 Å². The molecule has 1 aromatic heterocycles. The third-order valence-corrected chi connectivity index (χ3v) is 1.49. The standard InChI is InChI=1S/C9H8N2O2/c1-2-8(12)6-3-4-7(9(10)13)11-5-6/h2-5H,1H2,(H2,10,13). The molecule has 1 heterocycles. The summed E-state index contributed by atoms with van der Waals surface area (Å²) >= 11 is 0. The third kappa shape index (κ3) is 1.99. The SMILES string of the molecule is C=CC(=O)c1ccc(C(N)=O)nc1. The number of nitrogens with two attached hydrogens (primary N) is 1. The molecule has 0 saturated carbocycles. The molecule has 0 radical (unpaired) electrons. The van der Waals surface area contributed by atoms with Gasteiger partial charge in [-0.05, 0) is 18.2 Å². The van der Waals surface area contributed by atoms with Crippen LogP contribution in [0.4, 0.5) is 0 Å². The van der Waals surface area contributed by atoms with Gasteiger partial charge >= 0.3 is 0 Å². The zero-order valence-electron chi connectivity index (χ0n) is 6.86. The Labute approximate surface area is 75.1 Å². The van der Waals surface area contributed by atoms with Crippen molar-refractivity contribution in [3.8, 4) is 0 Å². The minimum atomic E-state index is -0.613. The van der Waals surface area contributed by atoms with E-state index in [1.165, 1.54) is 24.4 Å². The molecule has 0 aliphatic heterocycles. The van der Waals surface area contributed by atoms with Gasteiger partial charge in [0.2, 0.25) is 0 Å². The highest BCUT2D eigenvalue weighted by atomic mass is 16.1. The lowest BCUT2D eigenvalue weighted by molar-refractivity contribution is 0.0992. The highest BCUT2D eigenvalue weighted by molar-refractivity contribution is 6.04. The van der Waals surface area contributed by atoms with E-state index in [0.29, 0.717) is 5.56 Å². The lowest BCUT2D eigenvalue weighted by atomic mass is 10.2. The quantitative estimate of drug-likeness (QED) is 0.539. The van der Waals surface area contributed by atoms with Gasteiger partial charge in [0.25, 0.3) is 5.91 Å². The molecule has 4 nitrogen and oxygen atoms in total. The summed E-state index contributed by atoms with van der Waals surface area (Å²) in [5.41, 5.74) is 5.49. The van der Waals surface area contributed by atoms with Gasteiger partial charge in [0.15, 0.2) is 5.78 Å². The smallest absolute Gasteiger partial charge is 0.267 e. The minimum Gasteiger partial charge on any atom is -0.364 e. The molecule has 1 aromatic rings. The predicted molar refractivity (Wildman–Crippen MR) is 47.3 cm³/mol. The Morgan fingerprint density at radius 3 is 2.54 bits per heavy atom. The van der Waals surface area contributed by atoms with Gasteiger partial charge in [-0.15, -0.1) is 0 Å². The van der Waals surface area contributed by atoms with Crippen LogP contribution in [0.5, 0.6) is 0 Å². The molecule has 0 aliphatic rings. The number of carbonyl (C=O) groups is 2. The molecule has 2 N–H and O–H groups in total. The Hall–Kier alpha value is -1.97. The first-order chi connectivity index (χ1) is 6.15. The van der Waals surface area contributed by atoms with E-state index in [0.717, 1.165) is 0 Å². The normalized spacial score (nSPS) is 9.23. The lowest BCUT2D eigenvalue weighted by Gasteiger charge is -1.96. The first-order valence-corrected chi connectivity index (χ1v) is 3.58. The fraction of sp³-hybridized carbons (Fsp3) is 0. The molecule has 1 rings (SSSR count). The first kappa shape index (κ1) is 9.12. The van der Waals surface area contributed by atoms with Crippen molar-refractivity contribution in [3.63, 3.8) is 0 Å². The van der Waals surface area contributed by atoms with Crippen LogP contribution in [0.15, 0.2) is 31.0 Å². The summed E-state index contributed by atoms with van der Waals surface area (Å²) in [6, 6.07) is 2.89. The van der Waals surface area contributed by atoms with Crippen molar-refractivity contribution in [1.82, 2.24) is 4.98 Å². The number of ketones is 1. The summed E-state index contributed by atoms with van der Waals surface area (Å²) in [5, 5.41) is 0. The maximum atomic E-state index is 11.0. The van der Waals surface area contributed by atoms with Crippen LogP contribution < -0.4 is 5.73 Å². The molecular formula is C9H8N2O2. The van der Waals surface area contributed by atoms with E-state index in [-0.39, 0.29) is 11.5 Å². The zero-order valence-corrected chi connectivity index (χ0v) is 6.86. The van der Waals surface area contributed by atoms with Crippen molar-refractivity contribution in [2.45, 2.75) is 0 Å². The summed E-state index contributed by atoms with van der Waals surface area (Å²) in [4.78, 5) is 25.3. The Morgan fingerprint density at radius 1 is 1.46 bits per heavy atom. The summed E-state index contributed by atoms with van der Waals surface area (Å²) in [7, 11) is 0. The maximum absolute atomic E-state index is 11.0. The predicted octanol–water partition coefficient (Wildman–Crippen LogP) is 0.549. The van der Waals surface area contributed by atoms with Crippen LogP contribution in [-0.4, -0.2) is 16.7 Å². The van der Waals surface area contributed by atoms with Gasteiger partial charge in [-0.3, -0.25) is 14.6 Å². The zero-order chi connectivity index (χ0) is 9.84. The van der Waals surface area contributed by atoms with Gasteiger partial charge in [0, 0.05) is 11.8 Å². The molecule has 0 aromatic carbocycles. The Kier molecular flexibility index (Phi) is 2.54. The van der Waals surface area contributed by atoms with E-state index in [1.807, 2.05) is 0 Å². The van der Waals surface area contributed by atoms with Crippen LogP contribution in [0.1, 0.15) is 20.8 Å². The average molecular weight is 176 g/mol. The molecular weight excluding hydrogens is 168 g/mol. The molecule has 1 amide bonds. The number of amides is 1. The number of pyridine rings is 1. The van der Waals surface area contributed by atoms with Crippen molar-refractivity contribution in [2.75, 3.05) is 0 Å². The van der Waals surface area contributed by atoms with Gasteiger partial charge in [-0.2, -0.15) is 0 Å². The van der Waals surface area contributed by atoms with E-state index in [9.17, 15) is 9.59 Å². The van der Waals surface area contributed by atoms with Gasteiger partial charge in [-0.1, -0.05) is 6.58 Å². The average Bonchev–Trinajstić information content (AvgIpc) is 2.17. The van der Waals surface area contributed by atoms with Crippen molar-refractivity contribution in [1.29, 1.82) is 0 Å². The van der Waals surface area contributed by atoms with Crippen LogP contribution in [0, 0.1) is 0 Å². The number of hydrogen-bond acceptors (Lipinski definition) is 3. The molecule has 0 aliphatic carbocycles. The number of rotatable bonds is 3. The van der Waals surface area contributed by atoms with E-state index < -0.39 is 5.91 Å². The first-order valence-electron chi connectivity index (χ1n) is 3.58. The third-order valence-electron chi connectivity index (χ3n) is 1.49. The van der Waals surface area contributed by atoms with Crippen LogP contribution in [-0.2, 0) is 0 Å². The molecule has 0 bridgehead atoms. The molecule has 13 heavy (non-hydrogen) atoms. The van der Waals surface area contributed by atoms with E-state index in [1.54, 1.807) is 0 Å². The Balaban J connectivity index is 3.00. The second-order valence-corrected chi connectivity index (χ2v) is 2.36. The van der Waals surface area contributed by atoms with Gasteiger partial charge < -0.3 is 5.73 Å². The number of carbonyl (C=O) groups excluding carboxylic acids is 2. The highest BCUT2D eigenvalue weighted by Crippen LogP contribution is 2.01. The molecule has 0 spiro atoms. The van der Waals surface area contributed by atoms with Crippen LogP contribution in [0.2, 0.25) is 0 Å². The number of nitrogens with zero attached hydrogens (tertiary/aromatic N) is 1. The molecule has 66 valence electrons. The maximum Gasteiger partial charge on any atom is 0.267 e. The fourth-order valence-electron chi connectivity index (χ4n) is 0.803. The number of hydrogen-bond donors (Lipinski definition) is 1. The van der Waals surface area contributed by atoms with Crippen LogP contribution in [0.25, 0.3) is 0 Å². The molecule has 0 fully saturated rings. The van der Waals surface area contributed by atoms with Gasteiger partial charge in [0.05, 0.1) is 0 Å². The summed E-state index contributed by atoms with van der Waals surface area (Å²) in [6.45, 7) is 3.33. The van der Waals surface area contributed by atoms with Crippen LogP contribution >= 0.6 is 0 Å². The monoisotopic (exact) mass is 176 g/mol. The summed E-state index contributed by atoms with van der Waals surface area (Å²) in [6.07, 6.45) is 2.48. The molecule has 0 unspecified atom stereocenters. The second-order valence-electron chi connectivity index (χ2n) is 2.36. The molecule has 4 heteroatoms. The minimum absolute atomic E-state index is 0.139. The molecule has 0 saturated heterocycles. The van der Waals surface area contributed by atoms with E-state index >= 15 is 0 Å². The second kappa shape index (κ2) is 3.62. The highest BCUT2D eigenvalue weighted by Gasteiger charge is 2.04. The van der Waals surface area contributed by atoms with Gasteiger partial charge in [0.1, 0.15) is 5.69 Å². The van der Waals surface area contributed by atoms with Crippen LogP contribution in [0.3, 0.4) is 0 Å². The number of allylic oxidation sites excluding steroid dienone is 1.